The Morgan fingerprint density at radius 1 is 1.06 bits per heavy atom. The normalized spacial score (nSPS) is 15.5. The van der Waals surface area contributed by atoms with E-state index in [2.05, 4.69) is 10.6 Å². The topological polar surface area (TPSA) is 87.7 Å². The number of ether oxygens (including phenoxy) is 1. The van der Waals surface area contributed by atoms with E-state index in [1.165, 1.54) is 7.11 Å². The van der Waals surface area contributed by atoms with Crippen molar-refractivity contribution in [2.75, 3.05) is 13.7 Å². The van der Waals surface area contributed by atoms with Crippen LogP contribution in [0.15, 0.2) is 72.8 Å². The van der Waals surface area contributed by atoms with E-state index in [-0.39, 0.29) is 24.1 Å². The molecule has 1 heterocycles. The summed E-state index contributed by atoms with van der Waals surface area (Å²) >= 11 is 0. The number of hydrogen-bond acceptors (Lipinski definition) is 5. The minimum absolute atomic E-state index is 0. The van der Waals surface area contributed by atoms with E-state index in [0.29, 0.717) is 13.0 Å². The van der Waals surface area contributed by atoms with E-state index in [1.807, 2.05) is 60.7 Å². The van der Waals surface area contributed by atoms with Crippen molar-refractivity contribution in [2.24, 2.45) is 0 Å². The highest BCUT2D eigenvalue weighted by Gasteiger charge is 2.30. The quantitative estimate of drug-likeness (QED) is 0.483. The summed E-state index contributed by atoms with van der Waals surface area (Å²) in [4.78, 5) is 25.5. The number of aromatic hydroxyl groups is 1. The molecule has 0 aliphatic carbocycles. The van der Waals surface area contributed by atoms with Crippen molar-refractivity contribution >= 4 is 24.3 Å². The van der Waals surface area contributed by atoms with Crippen molar-refractivity contribution < 1.29 is 19.4 Å². The number of phenols is 1. The van der Waals surface area contributed by atoms with Gasteiger partial charge in [-0.05, 0) is 46.4 Å². The van der Waals surface area contributed by atoms with Crippen LogP contribution in [0.3, 0.4) is 0 Å². The molecule has 33 heavy (non-hydrogen) atoms. The Morgan fingerprint density at radius 2 is 1.76 bits per heavy atom. The first-order chi connectivity index (χ1) is 15.5. The van der Waals surface area contributed by atoms with Gasteiger partial charge in [-0.3, -0.25) is 4.79 Å². The Kier molecular flexibility index (Phi) is 8.09. The third-order valence-electron chi connectivity index (χ3n) is 5.75. The van der Waals surface area contributed by atoms with Crippen LogP contribution in [-0.4, -0.2) is 36.7 Å². The van der Waals surface area contributed by atoms with Crippen molar-refractivity contribution in [1.29, 1.82) is 0 Å². The lowest BCUT2D eigenvalue weighted by atomic mass is 9.93. The molecule has 0 spiro atoms. The summed E-state index contributed by atoms with van der Waals surface area (Å²) in [6.45, 7) is 0.639. The molecule has 0 radical (unpaired) electrons. The van der Waals surface area contributed by atoms with Crippen LogP contribution in [0.5, 0.6) is 5.75 Å². The molecule has 1 aliphatic heterocycles. The largest absolute Gasteiger partial charge is 0.508 e. The second-order valence-electron chi connectivity index (χ2n) is 7.87. The molecule has 4 rings (SSSR count). The van der Waals surface area contributed by atoms with Gasteiger partial charge in [0, 0.05) is 13.0 Å². The number of amides is 1. The van der Waals surface area contributed by atoms with Crippen LogP contribution in [0, 0.1) is 0 Å². The lowest BCUT2D eigenvalue weighted by Crippen LogP contribution is -2.49. The molecule has 172 valence electrons. The van der Waals surface area contributed by atoms with Crippen molar-refractivity contribution in [3.63, 3.8) is 0 Å². The molecule has 2 atom stereocenters. The van der Waals surface area contributed by atoms with Crippen LogP contribution < -0.4 is 10.6 Å². The number of phenolic OH excluding ortho intramolecular Hbond substituents is 1. The summed E-state index contributed by atoms with van der Waals surface area (Å²) in [5, 5.41) is 15.9. The molecule has 0 saturated carbocycles. The van der Waals surface area contributed by atoms with Crippen LogP contribution >= 0.6 is 12.4 Å². The van der Waals surface area contributed by atoms with E-state index in [0.717, 1.165) is 34.2 Å². The van der Waals surface area contributed by atoms with Gasteiger partial charge in [-0.15, -0.1) is 12.4 Å². The van der Waals surface area contributed by atoms with Gasteiger partial charge in [-0.2, -0.15) is 0 Å². The van der Waals surface area contributed by atoms with Crippen LogP contribution in [-0.2, 0) is 27.2 Å². The smallest absolute Gasteiger partial charge is 0.328 e. The maximum atomic E-state index is 13.1. The molecular weight excluding hydrogens is 440 g/mol. The lowest BCUT2D eigenvalue weighted by Gasteiger charge is -2.28. The van der Waals surface area contributed by atoms with Gasteiger partial charge in [0.15, 0.2) is 0 Å². The van der Waals surface area contributed by atoms with E-state index >= 15 is 0 Å². The van der Waals surface area contributed by atoms with Gasteiger partial charge in [0.1, 0.15) is 17.8 Å². The summed E-state index contributed by atoms with van der Waals surface area (Å²) in [5.74, 6) is -0.724. The first-order valence-corrected chi connectivity index (χ1v) is 10.6. The van der Waals surface area contributed by atoms with Crippen molar-refractivity contribution in [3.8, 4) is 16.9 Å². The van der Waals surface area contributed by atoms with E-state index in [4.69, 9.17) is 4.74 Å². The number of hydrogen-bond donors (Lipinski definition) is 3. The molecule has 1 unspecified atom stereocenters. The van der Waals surface area contributed by atoms with Crippen LogP contribution in [0.1, 0.15) is 22.7 Å². The standard InChI is InChI=1S/C26H26N2O4.ClH/c1-32-26(31)23(15-17-7-9-19(10-8-17)18-5-3-2-4-6-18)28-25(30)24-22-16-21(29)12-11-20(22)13-14-27-24;/h2-12,16,23-24,27,29H,13-15H2,1H3,(H,28,30);1H/t23-,24?;/m0./s1. The fourth-order valence-corrected chi connectivity index (χ4v) is 4.06. The SMILES string of the molecule is COC(=O)[C@H](Cc1ccc(-c2ccccc2)cc1)NC(=O)C1NCCc2ccc(O)cc21.Cl. The van der Waals surface area contributed by atoms with Crippen LogP contribution in [0.25, 0.3) is 11.1 Å². The molecular formula is C26H27ClN2O4. The number of carbonyl (C=O) groups excluding carboxylic acids is 2. The first-order valence-electron chi connectivity index (χ1n) is 10.6. The summed E-state index contributed by atoms with van der Waals surface area (Å²) in [6.07, 6.45) is 1.08. The molecule has 0 bridgehead atoms. The van der Waals surface area contributed by atoms with Gasteiger partial charge < -0.3 is 20.5 Å². The zero-order valence-electron chi connectivity index (χ0n) is 18.3. The average Bonchev–Trinajstić information content (AvgIpc) is 2.83. The summed E-state index contributed by atoms with van der Waals surface area (Å²) in [5.41, 5.74) is 4.84. The second-order valence-corrected chi connectivity index (χ2v) is 7.87. The van der Waals surface area contributed by atoms with Gasteiger partial charge in [-0.1, -0.05) is 60.7 Å². The molecule has 7 heteroatoms. The molecule has 0 saturated heterocycles. The number of benzene rings is 3. The summed E-state index contributed by atoms with van der Waals surface area (Å²) < 4.78 is 4.94. The zero-order valence-corrected chi connectivity index (χ0v) is 19.1. The predicted molar refractivity (Wildman–Crippen MR) is 129 cm³/mol. The van der Waals surface area contributed by atoms with E-state index in [9.17, 15) is 14.7 Å². The molecule has 6 nitrogen and oxygen atoms in total. The van der Waals surface area contributed by atoms with E-state index < -0.39 is 18.1 Å². The number of rotatable bonds is 6. The average molecular weight is 467 g/mol. The fraction of sp³-hybridized carbons (Fsp3) is 0.231. The number of carbonyl (C=O) groups is 2. The highest BCUT2D eigenvalue weighted by atomic mass is 35.5. The number of methoxy groups -OCH3 is 1. The first kappa shape index (κ1) is 24.3. The third kappa shape index (κ3) is 5.72. The fourth-order valence-electron chi connectivity index (χ4n) is 4.06. The Morgan fingerprint density at radius 3 is 2.45 bits per heavy atom. The van der Waals surface area contributed by atoms with Crippen LogP contribution in [0.4, 0.5) is 0 Å². The Bertz CT molecular complexity index is 1100. The summed E-state index contributed by atoms with van der Waals surface area (Å²) in [7, 11) is 1.31. The maximum Gasteiger partial charge on any atom is 0.328 e. The summed E-state index contributed by atoms with van der Waals surface area (Å²) in [6, 6.07) is 21.5. The number of fused-ring (bicyclic) bond motifs is 1. The molecule has 3 aromatic carbocycles. The van der Waals surface area contributed by atoms with Gasteiger partial charge in [0.2, 0.25) is 5.91 Å². The van der Waals surface area contributed by atoms with E-state index in [1.54, 1.807) is 12.1 Å². The zero-order chi connectivity index (χ0) is 22.5. The maximum absolute atomic E-state index is 13.1. The lowest BCUT2D eigenvalue weighted by molar-refractivity contribution is -0.145. The van der Waals surface area contributed by atoms with Crippen LogP contribution in [0.2, 0.25) is 0 Å². The molecule has 1 amide bonds. The minimum Gasteiger partial charge on any atom is -0.508 e. The van der Waals surface area contributed by atoms with Crippen molar-refractivity contribution in [3.05, 3.63) is 89.5 Å². The molecule has 3 aromatic rings. The predicted octanol–water partition coefficient (Wildman–Crippen LogP) is 3.57. The van der Waals surface area contributed by atoms with Crippen molar-refractivity contribution in [1.82, 2.24) is 10.6 Å². The van der Waals surface area contributed by atoms with Gasteiger partial charge in [0.05, 0.1) is 7.11 Å². The highest BCUT2D eigenvalue weighted by Crippen LogP contribution is 2.27. The number of halogens is 1. The van der Waals surface area contributed by atoms with Gasteiger partial charge in [0.25, 0.3) is 0 Å². The minimum atomic E-state index is -0.820. The van der Waals surface area contributed by atoms with Gasteiger partial charge in [-0.25, -0.2) is 4.79 Å². The monoisotopic (exact) mass is 466 g/mol. The second kappa shape index (κ2) is 11.0. The highest BCUT2D eigenvalue weighted by molar-refractivity contribution is 5.89. The van der Waals surface area contributed by atoms with Crippen molar-refractivity contribution in [2.45, 2.75) is 24.9 Å². The third-order valence-corrected chi connectivity index (χ3v) is 5.75. The Hall–Kier alpha value is -3.35. The Balaban J connectivity index is 0.00000306. The molecule has 3 N–H and O–H groups in total. The van der Waals surface area contributed by atoms with Gasteiger partial charge >= 0.3 is 5.97 Å². The molecule has 0 fully saturated rings. The Labute approximate surface area is 199 Å². The molecule has 1 aliphatic rings. The molecule has 0 aromatic heterocycles. The number of nitrogens with one attached hydrogen (secondary N) is 2. The number of esters is 1.